The molecule has 11 heavy (non-hydrogen) atoms. The first kappa shape index (κ1) is 10.3. The molecule has 0 aliphatic carbocycles. The molecule has 1 atom stereocenters. The fraction of sp³-hybridized carbons (Fsp3) is 0.500. The van der Waals surface area contributed by atoms with Crippen molar-refractivity contribution >= 4 is 22.1 Å². The van der Waals surface area contributed by atoms with Gasteiger partial charge in [0.05, 0.1) is 4.83 Å². The molecule has 0 N–H and O–H groups in total. The first-order valence-electron chi connectivity index (χ1n) is 3.09. The zero-order valence-corrected chi connectivity index (χ0v) is 7.74. The third-order valence-electron chi connectivity index (χ3n) is 0.986. The average Bonchev–Trinajstić information content (AvgIpc) is 1.99. The molecule has 0 fully saturated rings. The van der Waals surface area contributed by atoms with Crippen LogP contribution < -0.4 is 0 Å². The zero-order valence-electron chi connectivity index (χ0n) is 6.16. The number of nitrogens with zero attached hydrogens (tertiary/aromatic N) is 2. The molecule has 0 heterocycles. The predicted octanol–water partition coefficient (Wildman–Crippen LogP) is 1.98. The molecule has 4 nitrogen and oxygen atoms in total. The number of hydrogen-bond acceptors (Lipinski definition) is 3. The summed E-state index contributed by atoms with van der Waals surface area (Å²) >= 11 is 3.24. The van der Waals surface area contributed by atoms with E-state index in [1.165, 1.54) is 6.21 Å². The molecule has 0 aromatic heterocycles. The Morgan fingerprint density at radius 3 is 2.91 bits per heavy atom. The van der Waals surface area contributed by atoms with Gasteiger partial charge in [0.1, 0.15) is 6.21 Å². The summed E-state index contributed by atoms with van der Waals surface area (Å²) in [4.78, 5) is 13.0. The fourth-order valence-electron chi connectivity index (χ4n) is 0.319. The molecular formula is C6H9BrN2O2. The second-order valence-corrected chi connectivity index (χ2v) is 3.05. The lowest BCUT2D eigenvalue weighted by molar-refractivity contribution is -0.425. The minimum atomic E-state index is -0.619. The van der Waals surface area contributed by atoms with Gasteiger partial charge in [-0.05, 0) is 17.9 Å². The maximum Gasteiger partial charge on any atom is 0.355 e. The molecule has 5 heteroatoms. The van der Waals surface area contributed by atoms with Crippen LogP contribution in [0.15, 0.2) is 17.4 Å². The minimum Gasteiger partial charge on any atom is -0.358 e. The molecule has 0 rings (SSSR count). The molecule has 0 aliphatic heterocycles. The Kier molecular flexibility index (Phi) is 4.69. The molecule has 0 spiro atoms. The van der Waals surface area contributed by atoms with Gasteiger partial charge in [-0.3, -0.25) is 0 Å². The van der Waals surface area contributed by atoms with E-state index in [2.05, 4.69) is 27.5 Å². The maximum atomic E-state index is 9.98. The maximum absolute atomic E-state index is 9.98. The second-order valence-electron chi connectivity index (χ2n) is 1.88. The van der Waals surface area contributed by atoms with E-state index >= 15 is 0 Å². The van der Waals surface area contributed by atoms with Crippen molar-refractivity contribution in [3.8, 4) is 0 Å². The van der Waals surface area contributed by atoms with Gasteiger partial charge in [-0.2, -0.15) is 0 Å². The molecule has 0 aliphatic rings. The Hall–Kier alpha value is -0.710. The molecule has 0 bridgehead atoms. The number of halogens is 1. The Labute approximate surface area is 73.3 Å². The first-order chi connectivity index (χ1) is 5.07. The quantitative estimate of drug-likeness (QED) is 0.315. The highest BCUT2D eigenvalue weighted by Gasteiger charge is 2.03. The van der Waals surface area contributed by atoms with Gasteiger partial charge in [0.15, 0.2) is 0 Å². The first-order valence-corrected chi connectivity index (χ1v) is 4.01. The molecule has 0 saturated carbocycles. The van der Waals surface area contributed by atoms with Gasteiger partial charge >= 0.3 is 5.82 Å². The lowest BCUT2D eigenvalue weighted by Gasteiger charge is -1.92. The molecule has 0 amide bonds. The number of alkyl halides is 1. The van der Waals surface area contributed by atoms with Crippen LogP contribution in [0.2, 0.25) is 0 Å². The van der Waals surface area contributed by atoms with Crippen LogP contribution in [0.25, 0.3) is 0 Å². The molecule has 0 aromatic rings. The van der Waals surface area contributed by atoms with Crippen LogP contribution in [0.4, 0.5) is 0 Å². The van der Waals surface area contributed by atoms with Gasteiger partial charge in [0.2, 0.25) is 0 Å². The molecule has 62 valence electrons. The molecule has 0 saturated heterocycles. The van der Waals surface area contributed by atoms with Crippen molar-refractivity contribution < 1.29 is 4.92 Å². The number of aliphatic imine (C=N–C) groups is 1. The molecule has 0 radical (unpaired) electrons. The molecular weight excluding hydrogens is 212 g/mol. The smallest absolute Gasteiger partial charge is 0.355 e. The third kappa shape index (κ3) is 4.66. The third-order valence-corrected chi connectivity index (χ3v) is 1.87. The Balaban J connectivity index is 3.93. The van der Waals surface area contributed by atoms with E-state index < -0.39 is 4.92 Å². The van der Waals surface area contributed by atoms with Gasteiger partial charge in [-0.15, -0.1) is 0 Å². The van der Waals surface area contributed by atoms with Crippen molar-refractivity contribution in [3.63, 3.8) is 0 Å². The summed E-state index contributed by atoms with van der Waals surface area (Å²) in [5.41, 5.74) is 0. The lowest BCUT2D eigenvalue weighted by Crippen LogP contribution is -1.99. The normalized spacial score (nSPS) is 13.3. The van der Waals surface area contributed by atoms with E-state index in [-0.39, 0.29) is 10.6 Å². The topological polar surface area (TPSA) is 55.5 Å². The molecule has 0 unspecified atom stereocenters. The van der Waals surface area contributed by atoms with Crippen molar-refractivity contribution in [1.29, 1.82) is 0 Å². The van der Waals surface area contributed by atoms with Gasteiger partial charge in [-0.1, -0.05) is 27.8 Å². The Bertz CT molecular complexity index is 191. The van der Waals surface area contributed by atoms with Crippen LogP contribution in [-0.2, 0) is 0 Å². The lowest BCUT2D eigenvalue weighted by atomic mass is 10.4. The van der Waals surface area contributed by atoms with Crippen molar-refractivity contribution in [3.05, 3.63) is 22.5 Å². The SMILES string of the molecule is C=C(N=C[C@@H](Br)CC)[N+](=O)[O-]. The Morgan fingerprint density at radius 1 is 2.00 bits per heavy atom. The van der Waals surface area contributed by atoms with E-state index in [0.717, 1.165) is 6.42 Å². The number of rotatable bonds is 4. The van der Waals surface area contributed by atoms with Gasteiger partial charge in [0, 0.05) is 0 Å². The fourth-order valence-corrected chi connectivity index (χ4v) is 0.438. The van der Waals surface area contributed by atoms with Crippen LogP contribution in [0, 0.1) is 10.1 Å². The number of nitro groups is 1. The standard InChI is InChI=1S/C6H9BrN2O2/c1-3-6(7)4-8-5(2)9(10)11/h4,6H,2-3H2,1H3/t6-/m0/s1. The number of hydrogen-bond donors (Lipinski definition) is 0. The summed E-state index contributed by atoms with van der Waals surface area (Å²) in [6.45, 7) is 5.09. The second kappa shape index (κ2) is 5.01. The average molecular weight is 221 g/mol. The summed E-state index contributed by atoms with van der Waals surface area (Å²) < 4.78 is 0. The van der Waals surface area contributed by atoms with Crippen molar-refractivity contribution in [2.24, 2.45) is 4.99 Å². The van der Waals surface area contributed by atoms with Crippen LogP contribution in [-0.4, -0.2) is 16.0 Å². The van der Waals surface area contributed by atoms with Crippen LogP contribution >= 0.6 is 15.9 Å². The van der Waals surface area contributed by atoms with E-state index in [1.807, 2.05) is 6.92 Å². The van der Waals surface area contributed by atoms with E-state index in [1.54, 1.807) is 0 Å². The molecule has 0 aromatic carbocycles. The van der Waals surface area contributed by atoms with Crippen LogP contribution in [0.5, 0.6) is 0 Å². The van der Waals surface area contributed by atoms with Crippen molar-refractivity contribution in [2.75, 3.05) is 0 Å². The van der Waals surface area contributed by atoms with Crippen LogP contribution in [0.1, 0.15) is 13.3 Å². The highest BCUT2D eigenvalue weighted by Crippen LogP contribution is 2.02. The predicted molar refractivity (Wildman–Crippen MR) is 47.6 cm³/mol. The summed E-state index contributed by atoms with van der Waals surface area (Å²) in [6, 6.07) is 0. The van der Waals surface area contributed by atoms with E-state index in [9.17, 15) is 10.1 Å². The van der Waals surface area contributed by atoms with Gasteiger partial charge < -0.3 is 10.1 Å². The monoisotopic (exact) mass is 220 g/mol. The summed E-state index contributed by atoms with van der Waals surface area (Å²) in [5.74, 6) is -0.331. The Morgan fingerprint density at radius 2 is 2.55 bits per heavy atom. The largest absolute Gasteiger partial charge is 0.358 e. The van der Waals surface area contributed by atoms with E-state index in [0.29, 0.717) is 0 Å². The summed E-state index contributed by atoms with van der Waals surface area (Å²) in [6.07, 6.45) is 2.31. The zero-order chi connectivity index (χ0) is 8.85. The summed E-state index contributed by atoms with van der Waals surface area (Å²) in [5, 5.41) is 9.98. The highest BCUT2D eigenvalue weighted by molar-refractivity contribution is 9.09. The van der Waals surface area contributed by atoms with Crippen molar-refractivity contribution in [1.82, 2.24) is 0 Å². The van der Waals surface area contributed by atoms with E-state index in [4.69, 9.17) is 0 Å². The van der Waals surface area contributed by atoms with Gasteiger partial charge in [-0.25, -0.2) is 0 Å². The summed E-state index contributed by atoms with van der Waals surface area (Å²) in [7, 11) is 0. The highest BCUT2D eigenvalue weighted by atomic mass is 79.9. The van der Waals surface area contributed by atoms with Gasteiger partial charge in [0.25, 0.3) is 0 Å². The van der Waals surface area contributed by atoms with Crippen LogP contribution in [0.3, 0.4) is 0 Å². The minimum absolute atomic E-state index is 0.0826. The van der Waals surface area contributed by atoms with Crippen molar-refractivity contribution in [2.45, 2.75) is 18.2 Å².